The molecule has 0 amide bonds. The predicted octanol–water partition coefficient (Wildman–Crippen LogP) is 1.23. The van der Waals surface area contributed by atoms with E-state index in [9.17, 15) is 16.8 Å². The van der Waals surface area contributed by atoms with Crippen molar-refractivity contribution in [1.29, 1.82) is 0 Å². The van der Waals surface area contributed by atoms with Crippen LogP contribution in [0.3, 0.4) is 0 Å². The molecule has 1 aliphatic rings. The van der Waals surface area contributed by atoms with Gasteiger partial charge in [0.2, 0.25) is 10.0 Å². The predicted molar refractivity (Wildman–Crippen MR) is 75.5 cm³/mol. The lowest BCUT2D eigenvalue weighted by molar-refractivity contribution is 0.587. The third-order valence-corrected chi connectivity index (χ3v) is 7.18. The second-order valence-electron chi connectivity index (χ2n) is 4.97. The fourth-order valence-corrected chi connectivity index (χ4v) is 6.14. The molecule has 1 unspecified atom stereocenters. The van der Waals surface area contributed by atoms with Gasteiger partial charge in [-0.2, -0.15) is 0 Å². The van der Waals surface area contributed by atoms with E-state index in [2.05, 4.69) is 4.72 Å². The third kappa shape index (κ3) is 3.27. The maximum atomic E-state index is 12.1. The Hall–Kier alpha value is -1.08. The molecule has 7 heteroatoms. The van der Waals surface area contributed by atoms with Gasteiger partial charge in [-0.1, -0.05) is 6.07 Å². The van der Waals surface area contributed by atoms with Gasteiger partial charge in [0.05, 0.1) is 16.8 Å². The van der Waals surface area contributed by atoms with E-state index >= 15 is 0 Å². The van der Waals surface area contributed by atoms with Crippen molar-refractivity contribution < 1.29 is 16.8 Å². The number of nitrogens with one attached hydrogen (secondary N) is 1. The molecule has 0 bridgehead atoms. The lowest BCUT2D eigenvalue weighted by Gasteiger charge is -2.13. The molecule has 1 aliphatic heterocycles. The van der Waals surface area contributed by atoms with Crippen LogP contribution in [-0.2, 0) is 19.9 Å². The summed E-state index contributed by atoms with van der Waals surface area (Å²) in [5.74, 6) is -0.335. The first-order valence-corrected chi connectivity index (χ1v) is 9.36. The average Bonchev–Trinajstić information content (AvgIpc) is 2.65. The Kier molecular flexibility index (Phi) is 3.61. The van der Waals surface area contributed by atoms with E-state index in [1.54, 1.807) is 12.1 Å². The summed E-state index contributed by atoms with van der Waals surface area (Å²) >= 11 is 0. The Balaban J connectivity index is 2.20. The Morgan fingerprint density at radius 1 is 1.21 bits per heavy atom. The minimum absolute atomic E-state index is 0.0501. The molecule has 0 radical (unpaired) electrons. The van der Waals surface area contributed by atoms with Crippen LogP contribution in [0, 0.1) is 13.8 Å². The highest BCUT2D eigenvalue weighted by atomic mass is 32.2. The number of benzene rings is 1. The van der Waals surface area contributed by atoms with Crippen LogP contribution in [0.1, 0.15) is 17.5 Å². The molecule has 5 nitrogen and oxygen atoms in total. The second kappa shape index (κ2) is 4.79. The monoisotopic (exact) mass is 303 g/mol. The molecule has 1 heterocycles. The smallest absolute Gasteiger partial charge is 0.236 e. The average molecular weight is 303 g/mol. The second-order valence-corrected chi connectivity index (χ2v) is 9.16. The normalized spacial score (nSPS) is 22.3. The quantitative estimate of drug-likeness (QED) is 0.911. The molecule has 0 aliphatic carbocycles. The molecule has 1 N–H and O–H groups in total. The van der Waals surface area contributed by atoms with Crippen molar-refractivity contribution in [2.75, 3.05) is 16.2 Å². The molecule has 0 saturated carbocycles. The lowest BCUT2D eigenvalue weighted by atomic mass is 10.1. The molecule has 19 heavy (non-hydrogen) atoms. The van der Waals surface area contributed by atoms with Crippen LogP contribution in [-0.4, -0.2) is 33.6 Å². The van der Waals surface area contributed by atoms with Gasteiger partial charge in [-0.05, 0) is 43.5 Å². The van der Waals surface area contributed by atoms with Crippen LogP contribution in [0.4, 0.5) is 5.69 Å². The Bertz CT molecular complexity index is 692. The van der Waals surface area contributed by atoms with Crippen molar-refractivity contribution in [2.24, 2.45) is 0 Å². The van der Waals surface area contributed by atoms with Crippen LogP contribution in [0.2, 0.25) is 0 Å². The number of sulfone groups is 1. The number of sulfonamides is 1. The maximum Gasteiger partial charge on any atom is 0.236 e. The van der Waals surface area contributed by atoms with E-state index in [1.165, 1.54) is 0 Å². The van der Waals surface area contributed by atoms with Gasteiger partial charge in [-0.3, -0.25) is 4.72 Å². The zero-order valence-electron chi connectivity index (χ0n) is 10.9. The van der Waals surface area contributed by atoms with Crippen molar-refractivity contribution in [3.05, 3.63) is 29.3 Å². The summed E-state index contributed by atoms with van der Waals surface area (Å²) < 4.78 is 49.4. The van der Waals surface area contributed by atoms with Gasteiger partial charge in [0.15, 0.2) is 9.84 Å². The van der Waals surface area contributed by atoms with Crippen molar-refractivity contribution >= 4 is 25.5 Å². The first kappa shape index (κ1) is 14.3. The lowest BCUT2D eigenvalue weighted by Crippen LogP contribution is -2.28. The largest absolute Gasteiger partial charge is 0.283 e. The molecule has 1 aromatic rings. The van der Waals surface area contributed by atoms with Crippen molar-refractivity contribution in [2.45, 2.75) is 25.5 Å². The summed E-state index contributed by atoms with van der Waals surface area (Å²) in [6.07, 6.45) is 0.169. The van der Waals surface area contributed by atoms with E-state index < -0.39 is 25.1 Å². The molecule has 1 aromatic carbocycles. The summed E-state index contributed by atoms with van der Waals surface area (Å²) in [4.78, 5) is 0. The van der Waals surface area contributed by atoms with Gasteiger partial charge in [0, 0.05) is 5.69 Å². The number of hydrogen-bond acceptors (Lipinski definition) is 4. The van der Waals surface area contributed by atoms with Crippen molar-refractivity contribution in [3.63, 3.8) is 0 Å². The van der Waals surface area contributed by atoms with Gasteiger partial charge in [0.25, 0.3) is 0 Å². The molecular weight excluding hydrogens is 286 g/mol. The molecule has 1 atom stereocenters. The fraction of sp³-hybridized carbons (Fsp3) is 0.500. The Morgan fingerprint density at radius 2 is 1.89 bits per heavy atom. The SMILES string of the molecule is Cc1ccc(NS(=O)(=O)C2CCS(=O)(=O)C2)cc1C. The minimum atomic E-state index is -3.64. The summed E-state index contributed by atoms with van der Waals surface area (Å²) in [7, 11) is -6.85. The van der Waals surface area contributed by atoms with Crippen LogP contribution in [0.25, 0.3) is 0 Å². The highest BCUT2D eigenvalue weighted by molar-refractivity contribution is 7.97. The molecule has 106 valence electrons. The Labute approximate surface area is 114 Å². The summed E-state index contributed by atoms with van der Waals surface area (Å²) in [5, 5.41) is -0.848. The summed E-state index contributed by atoms with van der Waals surface area (Å²) in [5.41, 5.74) is 2.54. The van der Waals surface area contributed by atoms with Crippen LogP contribution in [0.5, 0.6) is 0 Å². The van der Waals surface area contributed by atoms with Gasteiger partial charge < -0.3 is 0 Å². The highest BCUT2D eigenvalue weighted by Crippen LogP contribution is 2.22. The molecular formula is C12H17NO4S2. The van der Waals surface area contributed by atoms with Crippen LogP contribution >= 0.6 is 0 Å². The van der Waals surface area contributed by atoms with Crippen molar-refractivity contribution in [3.8, 4) is 0 Å². The maximum absolute atomic E-state index is 12.1. The molecule has 1 fully saturated rings. The highest BCUT2D eigenvalue weighted by Gasteiger charge is 2.37. The van der Waals surface area contributed by atoms with E-state index in [1.807, 2.05) is 19.9 Å². The topological polar surface area (TPSA) is 80.3 Å². The number of hydrogen-bond donors (Lipinski definition) is 1. The van der Waals surface area contributed by atoms with E-state index in [4.69, 9.17) is 0 Å². The summed E-state index contributed by atoms with van der Waals surface area (Å²) in [6, 6.07) is 5.26. The van der Waals surface area contributed by atoms with E-state index in [0.717, 1.165) is 11.1 Å². The molecule has 0 aromatic heterocycles. The van der Waals surface area contributed by atoms with Gasteiger partial charge in [-0.25, -0.2) is 16.8 Å². The summed E-state index contributed by atoms with van der Waals surface area (Å²) in [6.45, 7) is 3.84. The standard InChI is InChI=1S/C12H17NO4S2/c1-9-3-4-11(7-10(9)2)13-19(16,17)12-5-6-18(14,15)8-12/h3-4,7,12-13H,5-6,8H2,1-2H3. The first-order chi connectivity index (χ1) is 8.70. The van der Waals surface area contributed by atoms with Gasteiger partial charge in [0.1, 0.15) is 0 Å². The van der Waals surface area contributed by atoms with Gasteiger partial charge in [-0.15, -0.1) is 0 Å². The van der Waals surface area contributed by atoms with E-state index in [-0.39, 0.29) is 17.9 Å². The van der Waals surface area contributed by atoms with Crippen LogP contribution in [0.15, 0.2) is 18.2 Å². The first-order valence-electron chi connectivity index (χ1n) is 5.99. The fourth-order valence-electron chi connectivity index (χ4n) is 2.06. The third-order valence-electron chi connectivity index (χ3n) is 3.40. The van der Waals surface area contributed by atoms with Crippen LogP contribution < -0.4 is 4.72 Å². The molecule has 1 saturated heterocycles. The number of rotatable bonds is 3. The van der Waals surface area contributed by atoms with Gasteiger partial charge >= 0.3 is 0 Å². The van der Waals surface area contributed by atoms with E-state index in [0.29, 0.717) is 5.69 Å². The zero-order chi connectivity index (χ0) is 14.3. The Morgan fingerprint density at radius 3 is 2.42 bits per heavy atom. The van der Waals surface area contributed by atoms with Crippen molar-refractivity contribution in [1.82, 2.24) is 0 Å². The zero-order valence-corrected chi connectivity index (χ0v) is 12.5. The number of anilines is 1. The minimum Gasteiger partial charge on any atom is -0.283 e. The molecule has 2 rings (SSSR count). The molecule has 0 spiro atoms. The number of aryl methyl sites for hydroxylation is 2.